The van der Waals surface area contributed by atoms with Gasteiger partial charge in [-0.2, -0.15) is 5.10 Å². The molecule has 7 heteroatoms. The zero-order chi connectivity index (χ0) is 11.0. The third-order valence-corrected chi connectivity index (χ3v) is 2.30. The van der Waals surface area contributed by atoms with Gasteiger partial charge in [0, 0.05) is 0 Å². The maximum absolute atomic E-state index is 9.37. The van der Waals surface area contributed by atoms with E-state index in [4.69, 9.17) is 0 Å². The molecule has 7 nitrogen and oxygen atoms in total. The average Bonchev–Trinajstić information content (AvgIpc) is 2.90. The Balaban J connectivity index is 2.01. The summed E-state index contributed by atoms with van der Waals surface area (Å²) in [4.78, 5) is 4.62. The molecule has 0 unspecified atom stereocenters. The standard InChI is InChI=1S/C9H8N6O/c16-15-9-3-7(1-2-8(9)12-13-15)4-14-6-10-5-11-14/h1-3,5-6,16H,4H2. The van der Waals surface area contributed by atoms with Crippen LogP contribution in [-0.4, -0.2) is 35.1 Å². The van der Waals surface area contributed by atoms with E-state index in [0.29, 0.717) is 17.6 Å². The highest BCUT2D eigenvalue weighted by atomic mass is 16.5. The lowest BCUT2D eigenvalue weighted by Gasteiger charge is -2.00. The second kappa shape index (κ2) is 3.30. The van der Waals surface area contributed by atoms with Gasteiger partial charge < -0.3 is 5.21 Å². The minimum Gasteiger partial charge on any atom is -0.410 e. The van der Waals surface area contributed by atoms with Crippen LogP contribution >= 0.6 is 0 Å². The van der Waals surface area contributed by atoms with E-state index in [1.165, 1.54) is 6.33 Å². The first-order valence-electron chi connectivity index (χ1n) is 4.69. The molecule has 0 bridgehead atoms. The lowest BCUT2D eigenvalue weighted by atomic mass is 10.2. The summed E-state index contributed by atoms with van der Waals surface area (Å²) in [5, 5.41) is 20.7. The number of hydrogen-bond donors (Lipinski definition) is 1. The molecule has 0 atom stereocenters. The van der Waals surface area contributed by atoms with Crippen molar-refractivity contribution < 1.29 is 5.21 Å². The van der Waals surface area contributed by atoms with Crippen LogP contribution in [-0.2, 0) is 6.54 Å². The molecule has 2 heterocycles. The van der Waals surface area contributed by atoms with Gasteiger partial charge in [-0.3, -0.25) is 0 Å². The molecule has 0 radical (unpaired) electrons. The van der Waals surface area contributed by atoms with Crippen molar-refractivity contribution >= 4 is 11.0 Å². The summed E-state index contributed by atoms with van der Waals surface area (Å²) in [6.45, 7) is 0.598. The second-order valence-electron chi connectivity index (χ2n) is 3.40. The Labute approximate surface area is 89.9 Å². The number of benzene rings is 1. The summed E-state index contributed by atoms with van der Waals surface area (Å²) in [6.07, 6.45) is 3.12. The number of rotatable bonds is 2. The van der Waals surface area contributed by atoms with E-state index < -0.39 is 0 Å². The highest BCUT2D eigenvalue weighted by molar-refractivity contribution is 5.74. The Hall–Kier alpha value is -2.44. The Bertz CT molecular complexity index is 614. The van der Waals surface area contributed by atoms with Crippen LogP contribution in [0.5, 0.6) is 0 Å². The predicted molar refractivity (Wildman–Crippen MR) is 53.8 cm³/mol. The third-order valence-electron chi connectivity index (χ3n) is 2.30. The van der Waals surface area contributed by atoms with Gasteiger partial charge in [0.25, 0.3) is 0 Å². The highest BCUT2D eigenvalue weighted by Gasteiger charge is 2.04. The third kappa shape index (κ3) is 1.38. The van der Waals surface area contributed by atoms with Crippen LogP contribution in [0.15, 0.2) is 30.9 Å². The van der Waals surface area contributed by atoms with E-state index in [0.717, 1.165) is 10.4 Å². The molecule has 3 aromatic rings. The summed E-state index contributed by atoms with van der Waals surface area (Å²) in [5.74, 6) is 0. The fourth-order valence-corrected chi connectivity index (χ4v) is 1.55. The summed E-state index contributed by atoms with van der Waals surface area (Å²) >= 11 is 0. The van der Waals surface area contributed by atoms with Gasteiger partial charge in [0.05, 0.1) is 6.54 Å². The Morgan fingerprint density at radius 2 is 2.25 bits per heavy atom. The molecular formula is C9H8N6O. The van der Waals surface area contributed by atoms with E-state index in [9.17, 15) is 5.21 Å². The first-order chi connectivity index (χ1) is 7.83. The monoisotopic (exact) mass is 216 g/mol. The van der Waals surface area contributed by atoms with Gasteiger partial charge in [0.1, 0.15) is 23.7 Å². The minimum atomic E-state index is 0.581. The smallest absolute Gasteiger partial charge is 0.137 e. The largest absolute Gasteiger partial charge is 0.410 e. The highest BCUT2D eigenvalue weighted by Crippen LogP contribution is 2.12. The minimum absolute atomic E-state index is 0.581. The molecule has 2 aromatic heterocycles. The number of aromatic nitrogens is 6. The lowest BCUT2D eigenvalue weighted by Crippen LogP contribution is -2.00. The molecule has 0 fully saturated rings. The molecule has 16 heavy (non-hydrogen) atoms. The van der Waals surface area contributed by atoms with Crippen molar-refractivity contribution in [3.8, 4) is 0 Å². The molecule has 0 aliphatic rings. The molecule has 0 saturated heterocycles. The molecule has 80 valence electrons. The maximum Gasteiger partial charge on any atom is 0.137 e. The van der Waals surface area contributed by atoms with Crippen molar-refractivity contribution in [2.75, 3.05) is 0 Å². The van der Waals surface area contributed by atoms with Crippen LogP contribution < -0.4 is 0 Å². The molecule has 1 aromatic carbocycles. The summed E-state index contributed by atoms with van der Waals surface area (Å²) in [7, 11) is 0. The molecule has 0 saturated carbocycles. The van der Waals surface area contributed by atoms with Crippen LogP contribution in [0.2, 0.25) is 0 Å². The van der Waals surface area contributed by atoms with Crippen molar-refractivity contribution in [2.24, 2.45) is 0 Å². The first-order valence-corrected chi connectivity index (χ1v) is 4.69. The van der Waals surface area contributed by atoms with Crippen LogP contribution in [0.1, 0.15) is 5.56 Å². The van der Waals surface area contributed by atoms with E-state index >= 15 is 0 Å². The van der Waals surface area contributed by atoms with Crippen molar-refractivity contribution in [2.45, 2.75) is 6.54 Å². The van der Waals surface area contributed by atoms with Crippen LogP contribution in [0.25, 0.3) is 11.0 Å². The van der Waals surface area contributed by atoms with Crippen molar-refractivity contribution in [1.29, 1.82) is 0 Å². The van der Waals surface area contributed by atoms with Gasteiger partial charge in [0.15, 0.2) is 0 Å². The quantitative estimate of drug-likeness (QED) is 0.623. The van der Waals surface area contributed by atoms with Crippen molar-refractivity contribution in [3.63, 3.8) is 0 Å². The number of nitrogens with zero attached hydrogens (tertiary/aromatic N) is 6. The van der Waals surface area contributed by atoms with E-state index in [1.54, 1.807) is 17.1 Å². The SMILES string of the molecule is On1nnc2ccc(Cn3cncn3)cc21. The van der Waals surface area contributed by atoms with E-state index in [2.05, 4.69) is 20.4 Å². The first kappa shape index (κ1) is 8.84. The fourth-order valence-electron chi connectivity index (χ4n) is 1.55. The summed E-state index contributed by atoms with van der Waals surface area (Å²) in [5.41, 5.74) is 2.23. The van der Waals surface area contributed by atoms with E-state index in [1.807, 2.05) is 12.1 Å². The molecule has 0 aliphatic carbocycles. The molecular weight excluding hydrogens is 208 g/mol. The predicted octanol–water partition coefficient (Wildman–Crippen LogP) is 0.308. The van der Waals surface area contributed by atoms with Gasteiger partial charge in [-0.15, -0.1) is 5.10 Å². The Kier molecular flexibility index (Phi) is 1.82. The number of fused-ring (bicyclic) bond motifs is 1. The van der Waals surface area contributed by atoms with Crippen molar-refractivity contribution in [1.82, 2.24) is 29.9 Å². The molecule has 0 aliphatic heterocycles. The maximum atomic E-state index is 9.37. The topological polar surface area (TPSA) is 81.6 Å². The van der Waals surface area contributed by atoms with Gasteiger partial charge in [0.2, 0.25) is 0 Å². The Morgan fingerprint density at radius 3 is 3.06 bits per heavy atom. The Morgan fingerprint density at radius 1 is 1.31 bits per heavy atom. The average molecular weight is 216 g/mol. The summed E-state index contributed by atoms with van der Waals surface area (Å²) in [6, 6.07) is 5.54. The molecule has 1 N–H and O–H groups in total. The van der Waals surface area contributed by atoms with Crippen LogP contribution in [0.3, 0.4) is 0 Å². The number of hydrogen-bond acceptors (Lipinski definition) is 5. The van der Waals surface area contributed by atoms with Gasteiger partial charge in [-0.05, 0) is 22.9 Å². The van der Waals surface area contributed by atoms with E-state index in [-0.39, 0.29) is 0 Å². The van der Waals surface area contributed by atoms with Crippen LogP contribution in [0, 0.1) is 0 Å². The molecule has 0 amide bonds. The summed E-state index contributed by atoms with van der Waals surface area (Å²) < 4.78 is 1.70. The van der Waals surface area contributed by atoms with Crippen LogP contribution in [0.4, 0.5) is 0 Å². The fraction of sp³-hybridized carbons (Fsp3) is 0.111. The van der Waals surface area contributed by atoms with Gasteiger partial charge in [-0.1, -0.05) is 10.9 Å². The lowest BCUT2D eigenvalue weighted by molar-refractivity contribution is 0.154. The van der Waals surface area contributed by atoms with Crippen molar-refractivity contribution in [3.05, 3.63) is 36.4 Å². The normalized spacial score (nSPS) is 11.0. The second-order valence-corrected chi connectivity index (χ2v) is 3.40. The zero-order valence-corrected chi connectivity index (χ0v) is 8.22. The van der Waals surface area contributed by atoms with Gasteiger partial charge in [-0.25, -0.2) is 9.67 Å². The molecule has 0 spiro atoms. The van der Waals surface area contributed by atoms with Gasteiger partial charge >= 0.3 is 0 Å². The molecule has 3 rings (SSSR count). The zero-order valence-electron chi connectivity index (χ0n) is 8.22.